The molecule has 9 heteroatoms. The van der Waals surface area contributed by atoms with Gasteiger partial charge >= 0.3 is 0 Å². The third kappa shape index (κ3) is 4.09. The summed E-state index contributed by atoms with van der Waals surface area (Å²) >= 11 is 0. The number of nitro groups is 1. The van der Waals surface area contributed by atoms with Gasteiger partial charge < -0.3 is 9.88 Å². The van der Waals surface area contributed by atoms with Gasteiger partial charge in [0.05, 0.1) is 10.6 Å². The van der Waals surface area contributed by atoms with Crippen LogP contribution in [0.4, 0.5) is 11.4 Å². The number of nitrogens with one attached hydrogen (secondary N) is 1. The maximum absolute atomic E-state index is 12.5. The molecule has 2 aromatic heterocycles. The number of carbonyl (C=O) groups is 1. The monoisotopic (exact) mass is 402 g/mol. The predicted octanol–water partition coefficient (Wildman–Crippen LogP) is 3.59. The minimum absolute atomic E-state index is 0.00415. The van der Waals surface area contributed by atoms with Gasteiger partial charge in [-0.25, -0.2) is 9.67 Å². The SMILES string of the molecule is Cc1nccn1Cc1ccc(NC(=O)c2ccn(-c3ccc([N+](=O)[O-])cc3)n2)cc1. The number of benzene rings is 2. The standard InChI is InChI=1S/C21H18N6O3/c1-15-22-11-13-25(15)14-16-2-4-17(5-3-16)23-21(28)20-10-12-26(24-20)18-6-8-19(9-7-18)27(29)30/h2-13H,14H2,1H3,(H,23,28). The van der Waals surface area contributed by atoms with Crippen molar-refractivity contribution in [2.24, 2.45) is 0 Å². The molecule has 0 aliphatic carbocycles. The van der Waals surface area contributed by atoms with Crippen molar-refractivity contribution in [2.45, 2.75) is 13.5 Å². The highest BCUT2D eigenvalue weighted by Crippen LogP contribution is 2.16. The van der Waals surface area contributed by atoms with Crippen molar-refractivity contribution in [2.75, 3.05) is 5.32 Å². The number of hydrogen-bond donors (Lipinski definition) is 1. The molecule has 0 bridgehead atoms. The number of aryl methyl sites for hydroxylation is 1. The number of aromatic nitrogens is 4. The summed E-state index contributed by atoms with van der Waals surface area (Å²) in [4.78, 5) is 27.0. The Hall–Kier alpha value is -4.27. The largest absolute Gasteiger partial charge is 0.331 e. The third-order valence-electron chi connectivity index (χ3n) is 4.64. The van der Waals surface area contributed by atoms with Crippen molar-refractivity contribution in [1.29, 1.82) is 0 Å². The van der Waals surface area contributed by atoms with Crippen LogP contribution in [0.3, 0.4) is 0 Å². The van der Waals surface area contributed by atoms with Crippen LogP contribution >= 0.6 is 0 Å². The van der Waals surface area contributed by atoms with E-state index >= 15 is 0 Å². The fourth-order valence-corrected chi connectivity index (χ4v) is 2.97. The van der Waals surface area contributed by atoms with Crippen LogP contribution in [0, 0.1) is 17.0 Å². The fraction of sp³-hybridized carbons (Fsp3) is 0.0952. The molecule has 30 heavy (non-hydrogen) atoms. The minimum Gasteiger partial charge on any atom is -0.331 e. The number of imidazole rings is 1. The average molecular weight is 402 g/mol. The molecule has 2 heterocycles. The van der Waals surface area contributed by atoms with Gasteiger partial charge in [-0.2, -0.15) is 5.10 Å². The summed E-state index contributed by atoms with van der Waals surface area (Å²) in [5.74, 6) is 0.602. The summed E-state index contributed by atoms with van der Waals surface area (Å²) in [6.45, 7) is 2.66. The molecule has 0 unspecified atom stereocenters. The Morgan fingerprint density at radius 2 is 1.80 bits per heavy atom. The summed E-state index contributed by atoms with van der Waals surface area (Å²) in [6, 6.07) is 15.1. The molecule has 9 nitrogen and oxygen atoms in total. The molecule has 4 aromatic rings. The number of hydrogen-bond acceptors (Lipinski definition) is 5. The molecule has 0 aliphatic heterocycles. The van der Waals surface area contributed by atoms with Crippen molar-refractivity contribution in [3.63, 3.8) is 0 Å². The van der Waals surface area contributed by atoms with Crippen molar-refractivity contribution < 1.29 is 9.72 Å². The molecular formula is C21H18N6O3. The van der Waals surface area contributed by atoms with Gasteiger partial charge in [0, 0.05) is 43.0 Å². The van der Waals surface area contributed by atoms with Crippen LogP contribution in [-0.2, 0) is 6.54 Å². The molecule has 0 saturated heterocycles. The van der Waals surface area contributed by atoms with Gasteiger partial charge in [-0.15, -0.1) is 0 Å². The Kier molecular flexibility index (Phi) is 5.08. The lowest BCUT2D eigenvalue weighted by Crippen LogP contribution is -2.13. The maximum atomic E-state index is 12.5. The molecule has 2 aromatic carbocycles. The summed E-state index contributed by atoms with van der Waals surface area (Å²) in [5, 5.41) is 17.8. The number of amides is 1. The van der Waals surface area contributed by atoms with Crippen LogP contribution in [-0.4, -0.2) is 30.2 Å². The minimum atomic E-state index is -0.465. The zero-order valence-electron chi connectivity index (χ0n) is 16.1. The average Bonchev–Trinajstić information content (AvgIpc) is 3.39. The second kappa shape index (κ2) is 8.00. The van der Waals surface area contributed by atoms with Crippen LogP contribution in [0.5, 0.6) is 0 Å². The van der Waals surface area contributed by atoms with Gasteiger partial charge in [-0.1, -0.05) is 12.1 Å². The number of carbonyl (C=O) groups excluding carboxylic acids is 1. The van der Waals surface area contributed by atoms with Crippen LogP contribution in [0.1, 0.15) is 21.9 Å². The van der Waals surface area contributed by atoms with E-state index in [0.717, 1.165) is 11.4 Å². The van der Waals surface area contributed by atoms with Gasteiger partial charge in [0.2, 0.25) is 0 Å². The van der Waals surface area contributed by atoms with Gasteiger partial charge in [0.15, 0.2) is 5.69 Å². The Morgan fingerprint density at radius 3 is 2.43 bits per heavy atom. The molecule has 0 radical (unpaired) electrons. The lowest BCUT2D eigenvalue weighted by atomic mass is 10.2. The highest BCUT2D eigenvalue weighted by Gasteiger charge is 2.12. The lowest BCUT2D eigenvalue weighted by molar-refractivity contribution is -0.384. The Bertz CT molecular complexity index is 1190. The molecule has 0 aliphatic rings. The molecule has 4 rings (SSSR count). The molecule has 150 valence electrons. The van der Waals surface area contributed by atoms with Crippen LogP contribution in [0.2, 0.25) is 0 Å². The Labute approximate surface area is 171 Å². The van der Waals surface area contributed by atoms with E-state index in [1.54, 1.807) is 30.6 Å². The Balaban J connectivity index is 1.41. The van der Waals surface area contributed by atoms with Crippen molar-refractivity contribution in [3.05, 3.63) is 100 Å². The van der Waals surface area contributed by atoms with Crippen LogP contribution in [0.25, 0.3) is 5.69 Å². The number of nitro benzene ring substituents is 1. The van der Waals surface area contributed by atoms with Crippen LogP contribution < -0.4 is 5.32 Å². The summed E-state index contributed by atoms with van der Waals surface area (Å²) in [7, 11) is 0. The van der Waals surface area contributed by atoms with E-state index < -0.39 is 4.92 Å². The lowest BCUT2D eigenvalue weighted by Gasteiger charge is -2.07. The topological polar surface area (TPSA) is 108 Å². The normalized spacial score (nSPS) is 10.7. The van der Waals surface area contributed by atoms with E-state index in [0.29, 0.717) is 17.9 Å². The van der Waals surface area contributed by atoms with E-state index in [1.165, 1.54) is 16.8 Å². The smallest absolute Gasteiger partial charge is 0.276 e. The highest BCUT2D eigenvalue weighted by molar-refractivity contribution is 6.02. The molecule has 0 saturated carbocycles. The summed E-state index contributed by atoms with van der Waals surface area (Å²) in [5.41, 5.74) is 2.62. The van der Waals surface area contributed by atoms with E-state index in [9.17, 15) is 14.9 Å². The van der Waals surface area contributed by atoms with Gasteiger partial charge in [0.1, 0.15) is 5.82 Å². The zero-order valence-corrected chi connectivity index (χ0v) is 16.1. The molecule has 0 fully saturated rings. The number of rotatable bonds is 6. The molecule has 1 amide bonds. The van der Waals surface area contributed by atoms with Crippen LogP contribution in [0.15, 0.2) is 73.2 Å². The first kappa shape index (κ1) is 19.1. The van der Waals surface area contributed by atoms with E-state index in [-0.39, 0.29) is 17.3 Å². The van der Waals surface area contributed by atoms with E-state index in [4.69, 9.17) is 0 Å². The van der Waals surface area contributed by atoms with Crippen molar-refractivity contribution in [3.8, 4) is 5.69 Å². The van der Waals surface area contributed by atoms with E-state index in [2.05, 4.69) is 15.4 Å². The third-order valence-corrected chi connectivity index (χ3v) is 4.64. The van der Waals surface area contributed by atoms with E-state index in [1.807, 2.05) is 42.0 Å². The molecule has 1 N–H and O–H groups in total. The first-order valence-electron chi connectivity index (χ1n) is 9.18. The first-order valence-corrected chi connectivity index (χ1v) is 9.18. The van der Waals surface area contributed by atoms with Gasteiger partial charge in [0.25, 0.3) is 11.6 Å². The number of non-ortho nitro benzene ring substituents is 1. The molecule has 0 spiro atoms. The molecular weight excluding hydrogens is 384 g/mol. The zero-order chi connectivity index (χ0) is 21.1. The fourth-order valence-electron chi connectivity index (χ4n) is 2.97. The number of nitrogens with zero attached hydrogens (tertiary/aromatic N) is 5. The second-order valence-corrected chi connectivity index (χ2v) is 6.67. The summed E-state index contributed by atoms with van der Waals surface area (Å²) in [6.07, 6.45) is 5.32. The second-order valence-electron chi connectivity index (χ2n) is 6.67. The Morgan fingerprint density at radius 1 is 1.07 bits per heavy atom. The molecule has 0 atom stereocenters. The van der Waals surface area contributed by atoms with Crippen molar-refractivity contribution >= 4 is 17.3 Å². The first-order chi connectivity index (χ1) is 14.5. The highest BCUT2D eigenvalue weighted by atomic mass is 16.6. The maximum Gasteiger partial charge on any atom is 0.276 e. The quantitative estimate of drug-likeness (QED) is 0.392. The van der Waals surface area contributed by atoms with Gasteiger partial charge in [-0.3, -0.25) is 14.9 Å². The number of anilines is 1. The summed E-state index contributed by atoms with van der Waals surface area (Å²) < 4.78 is 3.54. The predicted molar refractivity (Wildman–Crippen MR) is 111 cm³/mol. The van der Waals surface area contributed by atoms with Gasteiger partial charge in [-0.05, 0) is 42.8 Å². The van der Waals surface area contributed by atoms with Crippen molar-refractivity contribution in [1.82, 2.24) is 19.3 Å².